The molecular weight excluding hydrogens is 278 g/mol. The molecule has 0 fully saturated rings. The largest absolute Gasteiger partial charge is 0.550 e. The van der Waals surface area contributed by atoms with E-state index in [-0.39, 0.29) is 12.3 Å². The monoisotopic (exact) mass is 294 g/mol. The Balaban J connectivity index is 2.07. The van der Waals surface area contributed by atoms with Gasteiger partial charge in [0.2, 0.25) is 0 Å². The predicted molar refractivity (Wildman–Crippen MR) is 82.8 cm³/mol. The van der Waals surface area contributed by atoms with Crippen LogP contribution in [0, 0.1) is 0 Å². The maximum atomic E-state index is 11.2. The third kappa shape index (κ3) is 2.68. The number of carboxylic acid groups (broad SMARTS) is 1. The van der Waals surface area contributed by atoms with Crippen molar-refractivity contribution in [2.24, 2.45) is 0 Å². The van der Waals surface area contributed by atoms with Crippen molar-refractivity contribution in [2.75, 3.05) is 7.11 Å². The Morgan fingerprint density at radius 3 is 2.59 bits per heavy atom. The molecule has 0 saturated carbocycles. The van der Waals surface area contributed by atoms with Gasteiger partial charge in [-0.1, -0.05) is 30.3 Å². The number of H-pyrrole nitrogens is 1. The third-order valence-corrected chi connectivity index (χ3v) is 3.89. The van der Waals surface area contributed by atoms with Gasteiger partial charge in [-0.3, -0.25) is 0 Å². The predicted octanol–water partition coefficient (Wildman–Crippen LogP) is 2.45. The zero-order valence-corrected chi connectivity index (χ0v) is 12.2. The number of carbonyl (C=O) groups is 1. The molecule has 3 aromatic rings. The second-order valence-corrected chi connectivity index (χ2v) is 5.19. The average Bonchev–Trinajstić information content (AvgIpc) is 2.96. The van der Waals surface area contributed by atoms with Crippen LogP contribution in [0.3, 0.4) is 0 Å². The van der Waals surface area contributed by atoms with Gasteiger partial charge in [-0.2, -0.15) is 0 Å². The van der Waals surface area contributed by atoms with E-state index in [1.54, 1.807) is 7.11 Å². The molecule has 1 N–H and O–H groups in total. The first-order valence-electron chi connectivity index (χ1n) is 7.09. The van der Waals surface area contributed by atoms with Crippen molar-refractivity contribution in [1.29, 1.82) is 0 Å². The zero-order valence-electron chi connectivity index (χ0n) is 12.2. The fourth-order valence-corrected chi connectivity index (χ4v) is 2.79. The molecule has 22 heavy (non-hydrogen) atoms. The molecule has 0 unspecified atom stereocenters. The minimum atomic E-state index is -1.06. The Hall–Kier alpha value is -2.75. The zero-order chi connectivity index (χ0) is 15.5. The number of benzene rings is 2. The summed E-state index contributed by atoms with van der Waals surface area (Å²) in [5.74, 6) is -0.576. The highest BCUT2D eigenvalue weighted by Crippen LogP contribution is 2.33. The van der Waals surface area contributed by atoms with Crippen molar-refractivity contribution in [3.05, 3.63) is 65.9 Å². The lowest BCUT2D eigenvalue weighted by Gasteiger charge is -2.18. The number of aromatic amines is 1. The lowest BCUT2D eigenvalue weighted by Crippen LogP contribution is -2.24. The summed E-state index contributed by atoms with van der Waals surface area (Å²) < 4.78 is 5.16. The van der Waals surface area contributed by atoms with Gasteiger partial charge in [0.25, 0.3) is 0 Å². The molecule has 1 aromatic heterocycles. The van der Waals surface area contributed by atoms with Crippen LogP contribution in [0.25, 0.3) is 10.9 Å². The van der Waals surface area contributed by atoms with Gasteiger partial charge in [0.1, 0.15) is 5.75 Å². The van der Waals surface area contributed by atoms with Gasteiger partial charge >= 0.3 is 0 Å². The van der Waals surface area contributed by atoms with Crippen LogP contribution < -0.4 is 9.84 Å². The molecule has 0 radical (unpaired) electrons. The first-order chi connectivity index (χ1) is 10.7. The number of nitrogens with one attached hydrogen (secondary N) is 1. The van der Waals surface area contributed by atoms with Gasteiger partial charge < -0.3 is 19.6 Å². The van der Waals surface area contributed by atoms with Crippen molar-refractivity contribution >= 4 is 16.9 Å². The summed E-state index contributed by atoms with van der Waals surface area (Å²) in [7, 11) is 1.60. The van der Waals surface area contributed by atoms with Gasteiger partial charge in [0, 0.05) is 29.0 Å². The van der Waals surface area contributed by atoms with E-state index in [1.165, 1.54) is 0 Å². The molecule has 1 atom stereocenters. The Kier molecular flexibility index (Phi) is 3.83. The standard InChI is InChI=1S/C18H17NO3/c1-22-13-8-6-12(7-9-13)15(10-18(20)21)16-11-19-17-5-3-2-4-14(16)17/h2-9,11,15,19H,10H2,1H3,(H,20,21)/p-1/t15-/m0/s1. The molecule has 4 heteroatoms. The molecule has 1 heterocycles. The number of methoxy groups -OCH3 is 1. The van der Waals surface area contributed by atoms with Gasteiger partial charge in [0.05, 0.1) is 7.11 Å². The van der Waals surface area contributed by atoms with Gasteiger partial charge in [0.15, 0.2) is 0 Å². The second-order valence-electron chi connectivity index (χ2n) is 5.19. The summed E-state index contributed by atoms with van der Waals surface area (Å²) in [4.78, 5) is 14.4. The van der Waals surface area contributed by atoms with E-state index in [0.29, 0.717) is 0 Å². The summed E-state index contributed by atoms with van der Waals surface area (Å²) in [5, 5.41) is 12.2. The molecule has 4 nitrogen and oxygen atoms in total. The minimum absolute atomic E-state index is 0.0613. The molecule has 0 saturated heterocycles. The fraction of sp³-hybridized carbons (Fsp3) is 0.167. The molecule has 0 spiro atoms. The van der Waals surface area contributed by atoms with E-state index in [9.17, 15) is 9.90 Å². The molecule has 0 aliphatic rings. The quantitative estimate of drug-likeness (QED) is 0.786. The number of aromatic nitrogens is 1. The van der Waals surface area contributed by atoms with E-state index in [1.807, 2.05) is 54.7 Å². The Morgan fingerprint density at radius 2 is 1.91 bits per heavy atom. The smallest absolute Gasteiger partial charge is 0.118 e. The summed E-state index contributed by atoms with van der Waals surface area (Å²) in [5.41, 5.74) is 2.88. The number of aliphatic carboxylic acids is 1. The number of para-hydroxylation sites is 1. The summed E-state index contributed by atoms with van der Waals surface area (Å²) in [6.07, 6.45) is 1.82. The number of carboxylic acids is 1. The molecule has 112 valence electrons. The number of fused-ring (bicyclic) bond motifs is 1. The van der Waals surface area contributed by atoms with Crippen LogP contribution in [-0.2, 0) is 4.79 Å². The highest BCUT2D eigenvalue weighted by atomic mass is 16.5. The Labute approximate surface area is 128 Å². The number of carbonyl (C=O) groups excluding carboxylic acids is 1. The minimum Gasteiger partial charge on any atom is -0.550 e. The van der Waals surface area contributed by atoms with Crippen molar-refractivity contribution < 1.29 is 14.6 Å². The van der Waals surface area contributed by atoms with Crippen molar-refractivity contribution in [3.8, 4) is 5.75 Å². The van der Waals surface area contributed by atoms with Crippen molar-refractivity contribution in [1.82, 2.24) is 4.98 Å². The van der Waals surface area contributed by atoms with Crippen LogP contribution >= 0.6 is 0 Å². The molecule has 0 amide bonds. The van der Waals surface area contributed by atoms with Gasteiger partial charge in [-0.15, -0.1) is 0 Å². The SMILES string of the molecule is COc1ccc([C@H](CC(=O)[O-])c2c[nH]c3ccccc23)cc1. The van der Waals surface area contributed by atoms with Crippen molar-refractivity contribution in [3.63, 3.8) is 0 Å². The maximum Gasteiger partial charge on any atom is 0.118 e. The number of hydrogen-bond acceptors (Lipinski definition) is 3. The second kappa shape index (κ2) is 5.93. The number of hydrogen-bond donors (Lipinski definition) is 1. The molecule has 2 aromatic carbocycles. The van der Waals surface area contributed by atoms with Crippen LogP contribution in [-0.4, -0.2) is 18.1 Å². The van der Waals surface area contributed by atoms with Crippen LogP contribution in [0.5, 0.6) is 5.75 Å². The topological polar surface area (TPSA) is 65.2 Å². The number of ether oxygens (including phenoxy) is 1. The van der Waals surface area contributed by atoms with Crippen LogP contribution in [0.1, 0.15) is 23.5 Å². The van der Waals surface area contributed by atoms with Crippen molar-refractivity contribution in [2.45, 2.75) is 12.3 Å². The fourth-order valence-electron chi connectivity index (χ4n) is 2.79. The molecule has 3 rings (SSSR count). The van der Waals surface area contributed by atoms with E-state index in [0.717, 1.165) is 27.8 Å². The Bertz CT molecular complexity index is 789. The lowest BCUT2D eigenvalue weighted by atomic mass is 9.88. The van der Waals surface area contributed by atoms with E-state index in [2.05, 4.69) is 4.98 Å². The van der Waals surface area contributed by atoms with E-state index >= 15 is 0 Å². The van der Waals surface area contributed by atoms with Crippen LogP contribution in [0.4, 0.5) is 0 Å². The number of rotatable bonds is 5. The molecule has 0 bridgehead atoms. The summed E-state index contributed by atoms with van der Waals surface area (Å²) >= 11 is 0. The first kappa shape index (κ1) is 14.2. The lowest BCUT2D eigenvalue weighted by molar-refractivity contribution is -0.305. The van der Waals surface area contributed by atoms with Crippen LogP contribution in [0.15, 0.2) is 54.7 Å². The molecule has 0 aliphatic heterocycles. The molecule has 0 aliphatic carbocycles. The summed E-state index contributed by atoms with van der Waals surface area (Å²) in [6, 6.07) is 15.3. The Morgan fingerprint density at radius 1 is 1.18 bits per heavy atom. The average molecular weight is 294 g/mol. The normalized spacial score (nSPS) is 12.2. The first-order valence-corrected chi connectivity index (χ1v) is 7.09. The van der Waals surface area contributed by atoms with Gasteiger partial charge in [-0.05, 0) is 35.7 Å². The highest BCUT2D eigenvalue weighted by Gasteiger charge is 2.18. The van der Waals surface area contributed by atoms with Gasteiger partial charge in [-0.25, -0.2) is 0 Å². The third-order valence-electron chi connectivity index (χ3n) is 3.89. The van der Waals surface area contributed by atoms with E-state index < -0.39 is 5.97 Å². The van der Waals surface area contributed by atoms with E-state index in [4.69, 9.17) is 4.74 Å². The maximum absolute atomic E-state index is 11.2. The molecular formula is C18H16NO3-. The highest BCUT2D eigenvalue weighted by molar-refractivity contribution is 5.85. The van der Waals surface area contributed by atoms with Crippen LogP contribution in [0.2, 0.25) is 0 Å². The summed E-state index contributed by atoms with van der Waals surface area (Å²) in [6.45, 7) is 0.